The van der Waals surface area contributed by atoms with Crippen LogP contribution >= 0.6 is 0 Å². The van der Waals surface area contributed by atoms with E-state index < -0.39 is 0 Å². The summed E-state index contributed by atoms with van der Waals surface area (Å²) in [5.74, 6) is 7.35. The Morgan fingerprint density at radius 1 is 1.29 bits per heavy atom. The highest BCUT2D eigenvalue weighted by Gasteiger charge is 2.38. The van der Waals surface area contributed by atoms with E-state index in [9.17, 15) is 0 Å². The predicted octanol–water partition coefficient (Wildman–Crippen LogP) is 2.55. The molecule has 4 rings (SSSR count). The van der Waals surface area contributed by atoms with Crippen LogP contribution in [0.2, 0.25) is 0 Å². The number of ether oxygens (including phenoxy) is 1. The highest BCUT2D eigenvalue weighted by atomic mass is 16.5. The van der Waals surface area contributed by atoms with Gasteiger partial charge in [0.25, 0.3) is 0 Å². The number of para-hydroxylation sites is 1. The van der Waals surface area contributed by atoms with Crippen molar-refractivity contribution < 1.29 is 4.74 Å². The van der Waals surface area contributed by atoms with Gasteiger partial charge in [0.2, 0.25) is 5.88 Å². The van der Waals surface area contributed by atoms with Gasteiger partial charge in [0.1, 0.15) is 6.10 Å². The molecule has 0 radical (unpaired) electrons. The quantitative estimate of drug-likeness (QED) is 0.554. The monoisotopic (exact) mass is 226 g/mol. The molecular formula is C14H14N2O. The maximum atomic E-state index is 6.11. The number of allylic oxidation sites excluding steroid dienone is 1. The van der Waals surface area contributed by atoms with Crippen molar-refractivity contribution in [1.29, 1.82) is 0 Å². The van der Waals surface area contributed by atoms with Gasteiger partial charge in [-0.05, 0) is 18.9 Å². The Morgan fingerprint density at radius 2 is 2.18 bits per heavy atom. The van der Waals surface area contributed by atoms with Crippen molar-refractivity contribution in [3.63, 3.8) is 0 Å². The number of nitrogens with two attached hydrogens (primary N) is 1. The summed E-state index contributed by atoms with van der Waals surface area (Å²) in [5.41, 5.74) is 2.32. The summed E-state index contributed by atoms with van der Waals surface area (Å²) in [6.45, 7) is 0. The van der Waals surface area contributed by atoms with Crippen LogP contribution in [0.3, 0.4) is 0 Å². The first-order chi connectivity index (χ1) is 8.36. The molecule has 0 amide bonds. The van der Waals surface area contributed by atoms with Crippen molar-refractivity contribution in [2.24, 2.45) is 0 Å². The summed E-state index contributed by atoms with van der Waals surface area (Å²) >= 11 is 0. The second-order valence-electron chi connectivity index (χ2n) is 4.79. The smallest absolute Gasteiger partial charge is 0.217 e. The molecule has 0 saturated carbocycles. The molecule has 2 aromatic rings. The molecule has 2 unspecified atom stereocenters. The summed E-state index contributed by atoms with van der Waals surface area (Å²) in [7, 11) is 0. The standard InChI is InChI=1S/C14H14N2O/c15-16-11-7-3-1-5-9(11)13-10-6-2-4-8-12(10)17-14(13)16/h1-3,5-7,10,12H,4,8,15H2. The van der Waals surface area contributed by atoms with Crippen LogP contribution in [0.1, 0.15) is 24.3 Å². The van der Waals surface area contributed by atoms with Gasteiger partial charge in [-0.25, -0.2) is 4.68 Å². The summed E-state index contributed by atoms with van der Waals surface area (Å²) in [5, 5.41) is 1.23. The molecule has 3 nitrogen and oxygen atoms in total. The maximum Gasteiger partial charge on any atom is 0.217 e. The van der Waals surface area contributed by atoms with Gasteiger partial charge >= 0.3 is 0 Å². The Morgan fingerprint density at radius 3 is 3.12 bits per heavy atom. The Labute approximate surface area is 99.4 Å². The van der Waals surface area contributed by atoms with Crippen molar-refractivity contribution in [3.05, 3.63) is 42.0 Å². The number of hydrogen-bond donors (Lipinski definition) is 1. The first kappa shape index (κ1) is 9.16. The number of rotatable bonds is 0. The van der Waals surface area contributed by atoms with E-state index in [1.807, 2.05) is 12.1 Å². The normalized spacial score (nSPS) is 25.6. The Bertz CT molecular complexity index is 626. The molecule has 0 fully saturated rings. The Kier molecular flexibility index (Phi) is 1.65. The topological polar surface area (TPSA) is 40.2 Å². The first-order valence-corrected chi connectivity index (χ1v) is 6.08. The molecule has 2 N–H and O–H groups in total. The highest BCUT2D eigenvalue weighted by molar-refractivity contribution is 5.88. The molecule has 0 spiro atoms. The van der Waals surface area contributed by atoms with Crippen molar-refractivity contribution in [2.75, 3.05) is 5.84 Å². The number of nitrogens with zero attached hydrogens (tertiary/aromatic N) is 1. The van der Waals surface area contributed by atoms with Gasteiger partial charge in [-0.15, -0.1) is 0 Å². The number of fused-ring (bicyclic) bond motifs is 5. The lowest BCUT2D eigenvalue weighted by Crippen LogP contribution is -2.21. The fourth-order valence-corrected chi connectivity index (χ4v) is 3.07. The minimum atomic E-state index is 0.282. The van der Waals surface area contributed by atoms with Gasteiger partial charge in [0.05, 0.1) is 5.52 Å². The molecule has 1 aromatic carbocycles. The third kappa shape index (κ3) is 1.06. The molecular weight excluding hydrogens is 212 g/mol. The van der Waals surface area contributed by atoms with Crippen LogP contribution < -0.4 is 10.6 Å². The van der Waals surface area contributed by atoms with E-state index in [1.165, 1.54) is 10.9 Å². The van der Waals surface area contributed by atoms with Crippen LogP contribution in [0.5, 0.6) is 5.88 Å². The fraction of sp³-hybridized carbons (Fsp3) is 0.286. The average molecular weight is 226 g/mol. The number of nitrogen functional groups attached to an aromatic ring is 1. The van der Waals surface area contributed by atoms with E-state index in [0.29, 0.717) is 5.92 Å². The molecule has 0 bridgehead atoms. The first-order valence-electron chi connectivity index (χ1n) is 6.08. The summed E-state index contributed by atoms with van der Waals surface area (Å²) < 4.78 is 7.70. The summed E-state index contributed by atoms with van der Waals surface area (Å²) in [6, 6.07) is 8.24. The van der Waals surface area contributed by atoms with Crippen molar-refractivity contribution >= 4 is 10.9 Å². The summed E-state index contributed by atoms with van der Waals surface area (Å²) in [6.07, 6.45) is 7.00. The predicted molar refractivity (Wildman–Crippen MR) is 67.6 cm³/mol. The van der Waals surface area contributed by atoms with Gasteiger partial charge in [0.15, 0.2) is 0 Å². The van der Waals surface area contributed by atoms with Crippen LogP contribution in [-0.4, -0.2) is 10.8 Å². The molecule has 17 heavy (non-hydrogen) atoms. The van der Waals surface area contributed by atoms with Gasteiger partial charge < -0.3 is 10.6 Å². The van der Waals surface area contributed by atoms with E-state index >= 15 is 0 Å². The minimum Gasteiger partial charge on any atom is -0.473 e. The van der Waals surface area contributed by atoms with Gasteiger partial charge in [-0.2, -0.15) is 0 Å². The number of aromatic nitrogens is 1. The zero-order valence-corrected chi connectivity index (χ0v) is 9.47. The molecule has 2 atom stereocenters. The Balaban J connectivity index is 2.04. The second-order valence-corrected chi connectivity index (χ2v) is 4.79. The van der Waals surface area contributed by atoms with Crippen LogP contribution in [-0.2, 0) is 0 Å². The fourth-order valence-electron chi connectivity index (χ4n) is 3.07. The van der Waals surface area contributed by atoms with E-state index in [4.69, 9.17) is 10.6 Å². The molecule has 0 saturated heterocycles. The van der Waals surface area contributed by atoms with E-state index in [0.717, 1.165) is 24.2 Å². The van der Waals surface area contributed by atoms with Crippen molar-refractivity contribution in [3.8, 4) is 5.88 Å². The highest BCUT2D eigenvalue weighted by Crippen LogP contribution is 2.47. The van der Waals surface area contributed by atoms with Crippen LogP contribution in [0.4, 0.5) is 0 Å². The molecule has 1 aliphatic carbocycles. The van der Waals surface area contributed by atoms with E-state index in [1.54, 1.807) is 4.68 Å². The molecule has 1 aliphatic heterocycles. The number of benzene rings is 1. The van der Waals surface area contributed by atoms with Crippen LogP contribution in [0.15, 0.2) is 36.4 Å². The van der Waals surface area contributed by atoms with Gasteiger partial charge in [0, 0.05) is 16.9 Å². The minimum absolute atomic E-state index is 0.282. The van der Waals surface area contributed by atoms with Gasteiger partial charge in [-0.3, -0.25) is 0 Å². The number of hydrogen-bond acceptors (Lipinski definition) is 2. The largest absolute Gasteiger partial charge is 0.473 e. The molecule has 2 heterocycles. The average Bonchev–Trinajstić information content (AvgIpc) is 2.88. The molecule has 3 heteroatoms. The van der Waals surface area contributed by atoms with Crippen molar-refractivity contribution in [2.45, 2.75) is 24.9 Å². The zero-order valence-electron chi connectivity index (χ0n) is 9.47. The van der Waals surface area contributed by atoms with E-state index in [-0.39, 0.29) is 6.10 Å². The summed E-state index contributed by atoms with van der Waals surface area (Å²) in [4.78, 5) is 0. The van der Waals surface area contributed by atoms with E-state index in [2.05, 4.69) is 24.3 Å². The Hall–Kier alpha value is -1.90. The lowest BCUT2D eigenvalue weighted by molar-refractivity contribution is 0.194. The lowest BCUT2D eigenvalue weighted by atomic mass is 9.88. The third-order valence-corrected chi connectivity index (χ3v) is 3.86. The SMILES string of the molecule is Nn1c2c(c3ccccc31)C1C=CCCC1O2. The maximum absolute atomic E-state index is 6.11. The second kappa shape index (κ2) is 3.06. The lowest BCUT2D eigenvalue weighted by Gasteiger charge is -2.20. The zero-order chi connectivity index (χ0) is 11.4. The molecule has 1 aromatic heterocycles. The van der Waals surface area contributed by atoms with Gasteiger partial charge in [-0.1, -0.05) is 30.4 Å². The van der Waals surface area contributed by atoms with Crippen LogP contribution in [0, 0.1) is 0 Å². The van der Waals surface area contributed by atoms with Crippen LogP contribution in [0.25, 0.3) is 10.9 Å². The van der Waals surface area contributed by atoms with Crippen molar-refractivity contribution in [1.82, 2.24) is 4.68 Å². The molecule has 2 aliphatic rings. The third-order valence-electron chi connectivity index (χ3n) is 3.86. The molecule has 86 valence electrons.